The molecule has 20 heavy (non-hydrogen) atoms. The summed E-state index contributed by atoms with van der Waals surface area (Å²) in [6.45, 7) is 0. The zero-order valence-electron chi connectivity index (χ0n) is 10.4. The fourth-order valence-corrected chi connectivity index (χ4v) is 1.84. The summed E-state index contributed by atoms with van der Waals surface area (Å²) < 4.78 is 17.8. The van der Waals surface area contributed by atoms with E-state index in [1.54, 1.807) is 36.5 Å². The summed E-state index contributed by atoms with van der Waals surface area (Å²) >= 11 is 0. The van der Waals surface area contributed by atoms with Crippen LogP contribution < -0.4 is 5.63 Å². The van der Waals surface area contributed by atoms with Crippen LogP contribution in [0.25, 0.3) is 11.0 Å². The van der Waals surface area contributed by atoms with Gasteiger partial charge in [0.2, 0.25) is 0 Å². The average molecular weight is 267 g/mol. The zero-order valence-corrected chi connectivity index (χ0v) is 10.4. The molecule has 0 radical (unpaired) electrons. The molecule has 3 nitrogen and oxygen atoms in total. The molecule has 3 aromatic rings. The van der Waals surface area contributed by atoms with E-state index in [-0.39, 0.29) is 11.4 Å². The minimum atomic E-state index is -0.375. The number of hydrogen-bond donors (Lipinski definition) is 0. The predicted octanol–water partition coefficient (Wildman–Crippen LogP) is 3.68. The Labute approximate surface area is 114 Å². The van der Waals surface area contributed by atoms with Crippen LogP contribution in [0, 0.1) is 5.82 Å². The van der Waals surface area contributed by atoms with Gasteiger partial charge in [-0.1, -0.05) is 12.1 Å². The molecule has 0 spiro atoms. The minimum absolute atomic E-state index is 0.275. The first-order chi connectivity index (χ1) is 9.70. The van der Waals surface area contributed by atoms with Gasteiger partial charge in [-0.25, -0.2) is 9.18 Å². The Bertz CT molecular complexity index is 835. The quantitative estimate of drug-likeness (QED) is 0.525. The molecule has 0 fully saturated rings. The van der Waals surface area contributed by atoms with Crippen molar-refractivity contribution < 1.29 is 8.81 Å². The molecule has 0 amide bonds. The van der Waals surface area contributed by atoms with E-state index in [9.17, 15) is 9.18 Å². The lowest BCUT2D eigenvalue weighted by atomic mass is 10.2. The Balaban J connectivity index is 1.92. The Morgan fingerprint density at radius 1 is 1.00 bits per heavy atom. The Morgan fingerprint density at radius 2 is 1.80 bits per heavy atom. The number of hydrogen-bond acceptors (Lipinski definition) is 3. The van der Waals surface area contributed by atoms with Gasteiger partial charge in [0.15, 0.2) is 0 Å². The van der Waals surface area contributed by atoms with Crippen molar-refractivity contribution in [1.29, 1.82) is 0 Å². The van der Waals surface area contributed by atoms with Crippen LogP contribution in [-0.2, 0) is 0 Å². The van der Waals surface area contributed by atoms with Crippen molar-refractivity contribution in [3.05, 3.63) is 76.4 Å². The van der Waals surface area contributed by atoms with Crippen LogP contribution in [0.4, 0.5) is 10.1 Å². The van der Waals surface area contributed by atoms with Crippen molar-refractivity contribution in [2.75, 3.05) is 0 Å². The second kappa shape index (κ2) is 5.09. The number of aliphatic imine (C=N–C) groups is 1. The maximum absolute atomic E-state index is 12.8. The highest BCUT2D eigenvalue weighted by Gasteiger charge is 1.98. The van der Waals surface area contributed by atoms with Crippen molar-refractivity contribution in [3.63, 3.8) is 0 Å². The first kappa shape index (κ1) is 12.3. The maximum Gasteiger partial charge on any atom is 0.336 e. The number of rotatable bonds is 2. The number of nitrogens with zero attached hydrogens (tertiary/aromatic N) is 1. The molecule has 98 valence electrons. The van der Waals surface area contributed by atoms with Gasteiger partial charge in [-0.05, 0) is 42.0 Å². The number of benzene rings is 2. The average Bonchev–Trinajstić information content (AvgIpc) is 2.46. The molecule has 0 atom stereocenters. The van der Waals surface area contributed by atoms with Crippen LogP contribution in [0.5, 0.6) is 0 Å². The van der Waals surface area contributed by atoms with Crippen LogP contribution in [0.2, 0.25) is 0 Å². The molecule has 0 unspecified atom stereocenters. The van der Waals surface area contributed by atoms with Crippen molar-refractivity contribution in [3.8, 4) is 0 Å². The second-order valence-corrected chi connectivity index (χ2v) is 4.29. The summed E-state index contributed by atoms with van der Waals surface area (Å²) in [4.78, 5) is 15.4. The molecule has 0 aliphatic carbocycles. The first-order valence-electron chi connectivity index (χ1n) is 6.04. The first-order valence-corrected chi connectivity index (χ1v) is 6.04. The van der Waals surface area contributed by atoms with Gasteiger partial charge in [0.25, 0.3) is 0 Å². The highest BCUT2D eigenvalue weighted by molar-refractivity contribution is 5.85. The second-order valence-electron chi connectivity index (χ2n) is 4.29. The van der Waals surface area contributed by atoms with E-state index < -0.39 is 0 Å². The van der Waals surface area contributed by atoms with Gasteiger partial charge in [0.05, 0.1) is 5.69 Å². The normalized spacial score (nSPS) is 11.2. The third-order valence-corrected chi connectivity index (χ3v) is 2.84. The molecular formula is C16H10FNO2. The standard InChI is InChI=1S/C16H10FNO2/c17-13-4-1-11(2-5-13)10-18-14-6-7-15-12(9-14)3-8-16(19)20-15/h1-10H. The zero-order chi connectivity index (χ0) is 13.9. The van der Waals surface area contributed by atoms with Gasteiger partial charge < -0.3 is 4.42 Å². The summed E-state index contributed by atoms with van der Waals surface area (Å²) in [6, 6.07) is 14.4. The lowest BCUT2D eigenvalue weighted by Gasteiger charge is -1.98. The Morgan fingerprint density at radius 3 is 2.60 bits per heavy atom. The SMILES string of the molecule is O=c1ccc2cc(N=Cc3ccc(F)cc3)ccc2o1. The summed E-state index contributed by atoms with van der Waals surface area (Å²) in [5, 5.41) is 0.804. The monoisotopic (exact) mass is 267 g/mol. The smallest absolute Gasteiger partial charge is 0.336 e. The predicted molar refractivity (Wildman–Crippen MR) is 76.1 cm³/mol. The molecule has 1 aromatic heterocycles. The van der Waals surface area contributed by atoms with E-state index in [4.69, 9.17) is 4.42 Å². The van der Waals surface area contributed by atoms with Crippen molar-refractivity contribution in [2.24, 2.45) is 4.99 Å². The molecule has 1 heterocycles. The van der Waals surface area contributed by atoms with Crippen LogP contribution >= 0.6 is 0 Å². The Hall–Kier alpha value is -2.75. The Kier molecular flexibility index (Phi) is 3.13. The van der Waals surface area contributed by atoms with Gasteiger partial charge in [-0.2, -0.15) is 0 Å². The van der Waals surface area contributed by atoms with E-state index in [1.165, 1.54) is 18.2 Å². The lowest BCUT2D eigenvalue weighted by molar-refractivity contribution is 0.561. The molecule has 0 N–H and O–H groups in total. The van der Waals surface area contributed by atoms with Crippen molar-refractivity contribution in [1.82, 2.24) is 0 Å². The van der Waals surface area contributed by atoms with Crippen LogP contribution in [0.15, 0.2) is 68.8 Å². The summed E-state index contributed by atoms with van der Waals surface area (Å²) in [6.07, 6.45) is 1.65. The molecule has 4 heteroatoms. The molecule has 0 bridgehead atoms. The summed E-state index contributed by atoms with van der Waals surface area (Å²) in [7, 11) is 0. The molecule has 0 saturated heterocycles. The van der Waals surface area contributed by atoms with E-state index in [2.05, 4.69) is 4.99 Å². The van der Waals surface area contributed by atoms with Gasteiger partial charge in [-0.15, -0.1) is 0 Å². The highest BCUT2D eigenvalue weighted by atomic mass is 19.1. The summed E-state index contributed by atoms with van der Waals surface area (Å²) in [5.41, 5.74) is 1.69. The topological polar surface area (TPSA) is 42.6 Å². The van der Waals surface area contributed by atoms with E-state index >= 15 is 0 Å². The van der Waals surface area contributed by atoms with Crippen LogP contribution in [-0.4, -0.2) is 6.21 Å². The fourth-order valence-electron chi connectivity index (χ4n) is 1.84. The van der Waals surface area contributed by atoms with E-state index in [0.717, 1.165) is 16.6 Å². The lowest BCUT2D eigenvalue weighted by Crippen LogP contribution is -1.93. The van der Waals surface area contributed by atoms with E-state index in [1.807, 2.05) is 6.07 Å². The van der Waals surface area contributed by atoms with Gasteiger partial charge in [-0.3, -0.25) is 4.99 Å². The third kappa shape index (κ3) is 2.64. The molecule has 0 saturated carbocycles. The third-order valence-electron chi connectivity index (χ3n) is 2.84. The molecule has 2 aromatic carbocycles. The van der Waals surface area contributed by atoms with Gasteiger partial charge in [0, 0.05) is 17.7 Å². The fraction of sp³-hybridized carbons (Fsp3) is 0. The largest absolute Gasteiger partial charge is 0.423 e. The number of fused-ring (bicyclic) bond motifs is 1. The van der Waals surface area contributed by atoms with Gasteiger partial charge in [0.1, 0.15) is 11.4 Å². The minimum Gasteiger partial charge on any atom is -0.423 e. The van der Waals surface area contributed by atoms with Crippen molar-refractivity contribution >= 4 is 22.9 Å². The maximum atomic E-state index is 12.8. The van der Waals surface area contributed by atoms with Crippen LogP contribution in [0.1, 0.15) is 5.56 Å². The van der Waals surface area contributed by atoms with E-state index in [0.29, 0.717) is 5.58 Å². The van der Waals surface area contributed by atoms with Crippen molar-refractivity contribution in [2.45, 2.75) is 0 Å². The highest BCUT2D eigenvalue weighted by Crippen LogP contribution is 2.19. The molecule has 3 rings (SSSR count). The number of halogens is 1. The molecule has 0 aliphatic heterocycles. The van der Waals surface area contributed by atoms with Gasteiger partial charge >= 0.3 is 5.63 Å². The summed E-state index contributed by atoms with van der Waals surface area (Å²) in [5.74, 6) is -0.275. The van der Waals surface area contributed by atoms with Crippen LogP contribution in [0.3, 0.4) is 0 Å². The molecular weight excluding hydrogens is 257 g/mol. The molecule has 0 aliphatic rings.